The van der Waals surface area contributed by atoms with Crippen molar-refractivity contribution >= 4 is 34.1 Å². The molecule has 34 heavy (non-hydrogen) atoms. The fourth-order valence-corrected chi connectivity index (χ4v) is 3.75. The Balaban J connectivity index is 1.96. The van der Waals surface area contributed by atoms with Gasteiger partial charge in [-0.3, -0.25) is 9.78 Å². The number of halogens is 1. The number of fused-ring (bicyclic) bond motifs is 1. The summed E-state index contributed by atoms with van der Waals surface area (Å²) in [7, 11) is 0. The third-order valence-corrected chi connectivity index (χ3v) is 5.75. The zero-order valence-corrected chi connectivity index (χ0v) is 20.9. The molecule has 0 unspecified atom stereocenters. The molecule has 2 aromatic heterocycles. The molecule has 0 bridgehead atoms. The van der Waals surface area contributed by atoms with Crippen LogP contribution in [0.25, 0.3) is 10.9 Å². The lowest BCUT2D eigenvalue weighted by Crippen LogP contribution is -2.27. The second-order valence-electron chi connectivity index (χ2n) is 8.13. The minimum atomic E-state index is -0.103. The van der Waals surface area contributed by atoms with Gasteiger partial charge >= 0.3 is 0 Å². The molecule has 1 amide bonds. The first-order chi connectivity index (χ1) is 16.4. The maximum Gasteiger partial charge on any atom is 0.222 e. The molecule has 0 aliphatic heterocycles. The number of pyridine rings is 2. The summed E-state index contributed by atoms with van der Waals surface area (Å²) >= 11 is 6.46. The van der Waals surface area contributed by atoms with Crippen molar-refractivity contribution < 1.29 is 9.53 Å². The molecule has 3 aromatic rings. The summed E-state index contributed by atoms with van der Waals surface area (Å²) in [4.78, 5) is 23.0. The van der Waals surface area contributed by atoms with Gasteiger partial charge in [0.15, 0.2) is 0 Å². The quantitative estimate of drug-likeness (QED) is 0.377. The first-order valence-corrected chi connectivity index (χ1v) is 11.7. The molecule has 0 atom stereocenters. The molecule has 0 spiro atoms. The van der Waals surface area contributed by atoms with Gasteiger partial charge in [-0.15, -0.1) is 0 Å². The van der Waals surface area contributed by atoms with E-state index in [9.17, 15) is 4.79 Å². The molecule has 0 aliphatic rings. The van der Waals surface area contributed by atoms with Gasteiger partial charge in [0.25, 0.3) is 0 Å². The Morgan fingerprint density at radius 1 is 1.32 bits per heavy atom. The maximum atomic E-state index is 12.0. The van der Waals surface area contributed by atoms with Crippen LogP contribution in [0.15, 0.2) is 61.7 Å². The number of benzene rings is 1. The molecule has 2 heterocycles. The van der Waals surface area contributed by atoms with Gasteiger partial charge in [0.05, 0.1) is 10.7 Å². The van der Waals surface area contributed by atoms with E-state index in [1.54, 1.807) is 18.6 Å². The predicted octanol–water partition coefficient (Wildman–Crippen LogP) is 6.18. The van der Waals surface area contributed by atoms with Gasteiger partial charge in [-0.05, 0) is 31.0 Å². The smallest absolute Gasteiger partial charge is 0.222 e. The summed E-state index contributed by atoms with van der Waals surface area (Å²) in [5.74, 6) is 0.523. The second-order valence-corrected chi connectivity index (χ2v) is 8.54. The molecule has 0 saturated heterocycles. The monoisotopic (exact) mass is 478 g/mol. The second kappa shape index (κ2) is 11.7. The van der Waals surface area contributed by atoms with Crippen LogP contribution in [-0.2, 0) is 24.4 Å². The number of aromatic nitrogens is 2. The minimum Gasteiger partial charge on any atom is -0.487 e. The number of rotatable bonds is 10. The van der Waals surface area contributed by atoms with E-state index in [4.69, 9.17) is 21.3 Å². The SMILES string of the molecule is C=CN(/C=C\C)c1cc(CC)nc2c(OCc3c(Cl)cncc3CNC(=O)C(C)C)cccc12. The summed E-state index contributed by atoms with van der Waals surface area (Å²) in [6, 6.07) is 7.95. The van der Waals surface area contributed by atoms with E-state index in [1.807, 2.05) is 56.1 Å². The third-order valence-electron chi connectivity index (χ3n) is 5.42. The van der Waals surface area contributed by atoms with E-state index < -0.39 is 0 Å². The van der Waals surface area contributed by atoms with Crippen LogP contribution in [0.4, 0.5) is 5.69 Å². The number of hydrogen-bond donors (Lipinski definition) is 1. The largest absolute Gasteiger partial charge is 0.487 e. The van der Waals surface area contributed by atoms with E-state index >= 15 is 0 Å². The molecule has 7 heteroatoms. The summed E-state index contributed by atoms with van der Waals surface area (Å²) in [6.45, 7) is 12.3. The molecule has 6 nitrogen and oxygen atoms in total. The van der Waals surface area contributed by atoms with Crippen molar-refractivity contribution in [2.24, 2.45) is 5.92 Å². The number of amides is 1. The normalized spacial score (nSPS) is 11.2. The van der Waals surface area contributed by atoms with Gasteiger partial charge in [-0.2, -0.15) is 0 Å². The Kier molecular flexibility index (Phi) is 8.66. The number of ether oxygens (including phenoxy) is 1. The Hall–Kier alpha value is -3.38. The highest BCUT2D eigenvalue weighted by Gasteiger charge is 2.15. The van der Waals surface area contributed by atoms with Gasteiger partial charge in [0.1, 0.15) is 17.9 Å². The van der Waals surface area contributed by atoms with Crippen LogP contribution in [0.1, 0.15) is 44.5 Å². The lowest BCUT2D eigenvalue weighted by molar-refractivity contribution is -0.124. The minimum absolute atomic E-state index is 0.0300. The third kappa shape index (κ3) is 5.75. The lowest BCUT2D eigenvalue weighted by Gasteiger charge is -2.20. The van der Waals surface area contributed by atoms with Crippen LogP contribution in [0.2, 0.25) is 5.02 Å². The first-order valence-electron chi connectivity index (χ1n) is 11.4. The number of nitrogens with one attached hydrogen (secondary N) is 1. The number of aryl methyl sites for hydroxylation is 1. The van der Waals surface area contributed by atoms with Gasteiger partial charge < -0.3 is 15.0 Å². The fourth-order valence-electron chi connectivity index (χ4n) is 3.52. The molecular formula is C27H31ClN4O2. The van der Waals surface area contributed by atoms with E-state index in [0.29, 0.717) is 17.3 Å². The summed E-state index contributed by atoms with van der Waals surface area (Å²) < 4.78 is 6.26. The molecule has 0 radical (unpaired) electrons. The van der Waals surface area contributed by atoms with Crippen LogP contribution in [0.5, 0.6) is 5.75 Å². The number of anilines is 1. The van der Waals surface area contributed by atoms with E-state index in [-0.39, 0.29) is 18.4 Å². The number of nitrogens with zero attached hydrogens (tertiary/aromatic N) is 3. The summed E-state index contributed by atoms with van der Waals surface area (Å²) in [6.07, 6.45) is 9.78. The highest BCUT2D eigenvalue weighted by atomic mass is 35.5. The molecule has 1 N–H and O–H groups in total. The summed E-state index contributed by atoms with van der Waals surface area (Å²) in [5.41, 5.74) is 4.31. The van der Waals surface area contributed by atoms with Crippen molar-refractivity contribution in [2.45, 2.75) is 47.3 Å². The Morgan fingerprint density at radius 3 is 2.79 bits per heavy atom. The fraction of sp³-hybridized carbons (Fsp3) is 0.296. The van der Waals surface area contributed by atoms with Crippen molar-refractivity contribution in [3.05, 3.63) is 83.6 Å². The highest BCUT2D eigenvalue weighted by molar-refractivity contribution is 6.31. The molecule has 0 saturated carbocycles. The van der Waals surface area contributed by atoms with Crippen molar-refractivity contribution in [3.63, 3.8) is 0 Å². The maximum absolute atomic E-state index is 12.0. The van der Waals surface area contributed by atoms with Gasteiger partial charge in [-0.25, -0.2) is 4.98 Å². The Bertz CT molecular complexity index is 1210. The topological polar surface area (TPSA) is 67.3 Å². The van der Waals surface area contributed by atoms with Crippen molar-refractivity contribution in [2.75, 3.05) is 4.90 Å². The molecular weight excluding hydrogens is 448 g/mol. The Labute approximate surface area is 206 Å². The van der Waals surface area contributed by atoms with Crippen LogP contribution >= 0.6 is 11.6 Å². The number of allylic oxidation sites excluding steroid dienone is 1. The van der Waals surface area contributed by atoms with Crippen LogP contribution in [0, 0.1) is 5.92 Å². The highest BCUT2D eigenvalue weighted by Crippen LogP contribution is 2.34. The number of carbonyl (C=O) groups is 1. The van der Waals surface area contributed by atoms with Crippen molar-refractivity contribution in [1.29, 1.82) is 0 Å². The van der Waals surface area contributed by atoms with Crippen molar-refractivity contribution in [3.8, 4) is 5.75 Å². The van der Waals surface area contributed by atoms with Gasteiger partial charge in [0.2, 0.25) is 5.91 Å². The van der Waals surface area contributed by atoms with E-state index in [2.05, 4.69) is 29.9 Å². The zero-order chi connectivity index (χ0) is 24.7. The lowest BCUT2D eigenvalue weighted by atomic mass is 10.1. The van der Waals surface area contributed by atoms with Gasteiger partial charge in [0, 0.05) is 53.9 Å². The zero-order valence-electron chi connectivity index (χ0n) is 20.1. The average Bonchev–Trinajstić information content (AvgIpc) is 2.84. The van der Waals surface area contributed by atoms with Crippen LogP contribution in [0.3, 0.4) is 0 Å². The molecule has 0 fully saturated rings. The van der Waals surface area contributed by atoms with Crippen LogP contribution < -0.4 is 15.0 Å². The molecule has 1 aromatic carbocycles. The summed E-state index contributed by atoms with van der Waals surface area (Å²) in [5, 5.41) is 4.37. The van der Waals surface area contributed by atoms with E-state index in [0.717, 1.165) is 39.8 Å². The van der Waals surface area contributed by atoms with Gasteiger partial charge in [-0.1, -0.05) is 57.2 Å². The van der Waals surface area contributed by atoms with Crippen LogP contribution in [-0.4, -0.2) is 15.9 Å². The number of para-hydroxylation sites is 1. The van der Waals surface area contributed by atoms with E-state index in [1.165, 1.54) is 0 Å². The van der Waals surface area contributed by atoms with Crippen molar-refractivity contribution in [1.82, 2.24) is 15.3 Å². The standard InChI is InChI=1S/C27H31ClN4O2/c1-6-12-32(8-3)24-13-20(7-2)31-26-21(24)10-9-11-25(26)34-17-22-19(14-29-16-23(22)28)15-30-27(33)18(4)5/h6,8-14,16,18H,3,7,15,17H2,1-2,4-5H3,(H,30,33)/b12-6-. The average molecular weight is 479 g/mol. The predicted molar refractivity (Wildman–Crippen MR) is 139 cm³/mol. The Morgan fingerprint density at radius 2 is 2.12 bits per heavy atom. The molecule has 0 aliphatic carbocycles. The number of carbonyl (C=O) groups excluding carboxylic acids is 1. The first kappa shape index (κ1) is 25.2. The molecule has 3 rings (SSSR count). The number of hydrogen-bond acceptors (Lipinski definition) is 5. The molecule has 178 valence electrons.